The van der Waals surface area contributed by atoms with Crippen LogP contribution in [0.2, 0.25) is 0 Å². The molecule has 0 aliphatic carbocycles. The fourth-order valence-corrected chi connectivity index (χ4v) is 4.14. The lowest BCUT2D eigenvalue weighted by molar-refractivity contribution is -0.147. The molecule has 7 nitrogen and oxygen atoms in total. The van der Waals surface area contributed by atoms with Gasteiger partial charge in [-0.1, -0.05) is 44.2 Å². The Labute approximate surface area is 160 Å². The lowest BCUT2D eigenvalue weighted by Gasteiger charge is -2.25. The Bertz CT molecular complexity index is 649. The fourth-order valence-electron chi connectivity index (χ4n) is 2.58. The van der Waals surface area contributed by atoms with Gasteiger partial charge in [-0.25, -0.2) is 4.79 Å². The van der Waals surface area contributed by atoms with Crippen LogP contribution < -0.4 is 5.32 Å². The molecule has 0 aromatic heterocycles. The van der Waals surface area contributed by atoms with E-state index < -0.39 is 31.1 Å². The van der Waals surface area contributed by atoms with Gasteiger partial charge in [0, 0.05) is 6.16 Å². The van der Waals surface area contributed by atoms with Crippen LogP contribution >= 0.6 is 7.37 Å². The van der Waals surface area contributed by atoms with E-state index in [-0.39, 0.29) is 25.3 Å². The molecule has 27 heavy (non-hydrogen) atoms. The number of carbonyl (C=O) groups is 2. The number of nitrogens with one attached hydrogen (secondary N) is 1. The van der Waals surface area contributed by atoms with Gasteiger partial charge in [0.05, 0.1) is 12.5 Å². The summed E-state index contributed by atoms with van der Waals surface area (Å²) < 4.78 is 22.8. The summed E-state index contributed by atoms with van der Waals surface area (Å²) in [4.78, 5) is 34.4. The van der Waals surface area contributed by atoms with Crippen LogP contribution in [0, 0.1) is 11.8 Å². The summed E-state index contributed by atoms with van der Waals surface area (Å²) in [6, 6.07) is 9.12. The van der Waals surface area contributed by atoms with Crippen molar-refractivity contribution in [3.05, 3.63) is 35.9 Å². The second kappa shape index (κ2) is 11.1. The maximum Gasteiger partial charge on any atom is 0.408 e. The van der Waals surface area contributed by atoms with Gasteiger partial charge in [0.25, 0.3) is 0 Å². The zero-order valence-electron chi connectivity index (χ0n) is 16.4. The van der Waals surface area contributed by atoms with Crippen LogP contribution in [0.3, 0.4) is 0 Å². The summed E-state index contributed by atoms with van der Waals surface area (Å²) in [7, 11) is -3.84. The zero-order valence-corrected chi connectivity index (χ0v) is 17.3. The third kappa shape index (κ3) is 8.59. The quantitative estimate of drug-likeness (QED) is 0.459. The minimum absolute atomic E-state index is 0.0634. The molecule has 1 unspecified atom stereocenters. The highest BCUT2D eigenvalue weighted by atomic mass is 31.2. The van der Waals surface area contributed by atoms with Crippen molar-refractivity contribution >= 4 is 19.4 Å². The second-order valence-corrected chi connectivity index (χ2v) is 9.55. The Morgan fingerprint density at radius 1 is 1.15 bits per heavy atom. The van der Waals surface area contributed by atoms with E-state index in [9.17, 15) is 19.0 Å². The van der Waals surface area contributed by atoms with Crippen LogP contribution in [0.5, 0.6) is 0 Å². The van der Waals surface area contributed by atoms with E-state index in [1.165, 1.54) is 6.92 Å². The highest BCUT2D eigenvalue weighted by molar-refractivity contribution is 7.58. The Morgan fingerprint density at radius 2 is 1.78 bits per heavy atom. The van der Waals surface area contributed by atoms with Crippen LogP contribution in [0.1, 0.15) is 39.7 Å². The van der Waals surface area contributed by atoms with Crippen molar-refractivity contribution in [3.8, 4) is 0 Å². The SMILES string of the molecule is CCOC(=O)[C@@H](CC(C)C)CP(=O)(O)[C@H](C)NC(=O)OCc1ccccc1. The molecule has 0 bridgehead atoms. The summed E-state index contributed by atoms with van der Waals surface area (Å²) >= 11 is 0. The molecule has 1 amide bonds. The molecule has 152 valence electrons. The molecule has 1 rings (SSSR count). The third-order valence-electron chi connectivity index (χ3n) is 4.00. The first-order valence-corrected chi connectivity index (χ1v) is 11.0. The maximum atomic E-state index is 12.7. The summed E-state index contributed by atoms with van der Waals surface area (Å²) in [5.41, 5.74) is 0.812. The van der Waals surface area contributed by atoms with Gasteiger partial charge in [-0.05, 0) is 31.7 Å². The Kier molecular flexibility index (Phi) is 9.53. The van der Waals surface area contributed by atoms with Gasteiger partial charge in [-0.3, -0.25) is 9.36 Å². The molecule has 8 heteroatoms. The first-order chi connectivity index (χ1) is 12.7. The molecule has 2 N–H and O–H groups in total. The first kappa shape index (κ1) is 23.2. The number of amides is 1. The summed E-state index contributed by atoms with van der Waals surface area (Å²) in [5, 5.41) is 2.39. The van der Waals surface area contributed by atoms with Gasteiger partial charge < -0.3 is 19.7 Å². The second-order valence-electron chi connectivity index (χ2n) is 6.90. The average molecular weight is 399 g/mol. The Morgan fingerprint density at radius 3 is 2.33 bits per heavy atom. The van der Waals surface area contributed by atoms with Gasteiger partial charge in [-0.15, -0.1) is 0 Å². The molecule has 1 aromatic carbocycles. The first-order valence-electron chi connectivity index (χ1n) is 9.11. The molecule has 0 heterocycles. The van der Waals surface area contributed by atoms with E-state index in [0.29, 0.717) is 6.42 Å². The smallest absolute Gasteiger partial charge is 0.408 e. The van der Waals surface area contributed by atoms with Crippen molar-refractivity contribution in [2.75, 3.05) is 12.8 Å². The van der Waals surface area contributed by atoms with Crippen LogP contribution in [0.15, 0.2) is 30.3 Å². The normalized spacial score (nSPS) is 15.5. The number of alkyl carbamates (subject to hydrolysis) is 1. The number of ether oxygens (including phenoxy) is 2. The lowest BCUT2D eigenvalue weighted by Crippen LogP contribution is -2.35. The predicted molar refractivity (Wildman–Crippen MR) is 103 cm³/mol. The van der Waals surface area contributed by atoms with Gasteiger partial charge in [0.15, 0.2) is 0 Å². The largest absolute Gasteiger partial charge is 0.466 e. The number of hydrogen-bond acceptors (Lipinski definition) is 5. The van der Waals surface area contributed by atoms with E-state index in [4.69, 9.17) is 9.47 Å². The highest BCUT2D eigenvalue weighted by Crippen LogP contribution is 2.47. The van der Waals surface area contributed by atoms with Gasteiger partial charge in [0.2, 0.25) is 7.37 Å². The van der Waals surface area contributed by atoms with Gasteiger partial charge in [0.1, 0.15) is 12.4 Å². The van der Waals surface area contributed by atoms with Crippen LogP contribution in [-0.4, -0.2) is 35.5 Å². The summed E-state index contributed by atoms with van der Waals surface area (Å²) in [6.45, 7) is 7.25. The number of hydrogen-bond donors (Lipinski definition) is 2. The third-order valence-corrected chi connectivity index (χ3v) is 6.31. The molecule has 3 atom stereocenters. The molecule has 0 saturated heterocycles. The summed E-state index contributed by atoms with van der Waals surface area (Å²) in [5.74, 6) is -2.05. The van der Waals surface area contributed by atoms with E-state index in [1.54, 1.807) is 6.92 Å². The molecule has 0 radical (unpaired) electrons. The number of esters is 1. The van der Waals surface area contributed by atoms with Gasteiger partial charge >= 0.3 is 12.1 Å². The molecule has 0 saturated carbocycles. The Hall–Kier alpha value is -1.85. The Balaban J connectivity index is 2.63. The van der Waals surface area contributed by atoms with E-state index >= 15 is 0 Å². The zero-order chi connectivity index (χ0) is 20.4. The standard InChI is InChI=1S/C19H30NO6P/c1-5-25-18(21)17(11-14(2)3)13-27(23,24)15(4)20-19(22)26-12-16-9-7-6-8-10-16/h6-10,14-15,17H,5,11-13H2,1-4H3,(H,20,22)(H,23,24)/t15-,17+/m1/s1. The average Bonchev–Trinajstić information content (AvgIpc) is 2.60. The number of carbonyl (C=O) groups excluding carboxylic acids is 2. The van der Waals surface area contributed by atoms with Crippen LogP contribution in [0.25, 0.3) is 0 Å². The van der Waals surface area contributed by atoms with Crippen molar-refractivity contribution in [2.45, 2.75) is 46.5 Å². The van der Waals surface area contributed by atoms with E-state index in [2.05, 4.69) is 5.32 Å². The van der Waals surface area contributed by atoms with E-state index in [0.717, 1.165) is 5.56 Å². The van der Waals surface area contributed by atoms with Crippen LogP contribution in [0.4, 0.5) is 4.79 Å². The molecule has 0 aliphatic heterocycles. The molecule has 1 aromatic rings. The topological polar surface area (TPSA) is 102 Å². The predicted octanol–water partition coefficient (Wildman–Crippen LogP) is 3.75. The minimum atomic E-state index is -3.84. The monoisotopic (exact) mass is 399 g/mol. The van der Waals surface area contributed by atoms with Crippen molar-refractivity contribution < 1.29 is 28.5 Å². The molecular formula is C19H30NO6P. The maximum absolute atomic E-state index is 12.7. The molecule has 0 aliphatic rings. The molecular weight excluding hydrogens is 369 g/mol. The number of benzene rings is 1. The number of rotatable bonds is 10. The van der Waals surface area contributed by atoms with E-state index in [1.807, 2.05) is 44.2 Å². The lowest BCUT2D eigenvalue weighted by atomic mass is 9.99. The molecule has 0 spiro atoms. The van der Waals surface area contributed by atoms with Crippen molar-refractivity contribution in [1.29, 1.82) is 0 Å². The van der Waals surface area contributed by atoms with Crippen LogP contribution in [-0.2, 0) is 25.4 Å². The fraction of sp³-hybridized carbons (Fsp3) is 0.579. The van der Waals surface area contributed by atoms with Crippen molar-refractivity contribution in [1.82, 2.24) is 5.32 Å². The highest BCUT2D eigenvalue weighted by Gasteiger charge is 2.35. The van der Waals surface area contributed by atoms with Crippen molar-refractivity contribution in [2.24, 2.45) is 11.8 Å². The van der Waals surface area contributed by atoms with Crippen molar-refractivity contribution in [3.63, 3.8) is 0 Å². The summed E-state index contributed by atoms with van der Waals surface area (Å²) in [6.07, 6.45) is -0.587. The molecule has 0 fully saturated rings. The minimum Gasteiger partial charge on any atom is -0.466 e. The van der Waals surface area contributed by atoms with Gasteiger partial charge in [-0.2, -0.15) is 0 Å².